The van der Waals surface area contributed by atoms with Gasteiger partial charge in [0.05, 0.1) is 13.1 Å². The fourth-order valence-electron chi connectivity index (χ4n) is 4.10. The number of allylic oxidation sites excluding steroid dienone is 2. The van der Waals surface area contributed by atoms with Crippen LogP contribution in [0.4, 0.5) is 0 Å². The van der Waals surface area contributed by atoms with Crippen LogP contribution in [0.3, 0.4) is 0 Å². The Balaban J connectivity index is -0.0000000709. The van der Waals surface area contributed by atoms with Crippen LogP contribution in [0.15, 0.2) is 171 Å². The molecule has 0 fully saturated rings. The lowest BCUT2D eigenvalue weighted by molar-refractivity contribution is 0.736. The topological polar surface area (TPSA) is 113 Å². The van der Waals surface area contributed by atoms with Crippen molar-refractivity contribution in [2.24, 2.45) is 54.1 Å². The summed E-state index contributed by atoms with van der Waals surface area (Å²) >= 11 is 0. The molecule has 0 N–H and O–H groups in total. The Morgan fingerprint density at radius 3 is 0.943 bits per heavy atom. The van der Waals surface area contributed by atoms with E-state index < -0.39 is 0 Å². The number of nitrogens with zero attached hydrogens (tertiary/aromatic N) is 9. The summed E-state index contributed by atoms with van der Waals surface area (Å²) < 4.78 is 0. The largest absolute Gasteiger partial charge is 0.289 e. The highest BCUT2D eigenvalue weighted by Crippen LogP contribution is 2.13. The highest BCUT2D eigenvalue weighted by Gasteiger charge is 1.97. The van der Waals surface area contributed by atoms with E-state index in [0.717, 1.165) is 55.3 Å². The highest BCUT2D eigenvalue weighted by atomic mass is 15.2. The van der Waals surface area contributed by atoms with E-state index in [9.17, 15) is 0 Å². The first-order valence-electron chi connectivity index (χ1n) is 34.3. The molecule has 4 aliphatic heterocycles. The number of azo groups is 1. The molecule has 0 saturated carbocycles. The number of pyridine rings is 3. The molecule has 1 aromatic carbocycles. The highest BCUT2D eigenvalue weighted by molar-refractivity contribution is 5.82. The number of rotatable bonds is 4. The predicted octanol–water partition coefficient (Wildman–Crippen LogP) is 27.3. The second-order valence-corrected chi connectivity index (χ2v) is 20.3. The molecule has 4 aliphatic rings. The van der Waals surface area contributed by atoms with Gasteiger partial charge in [-0.15, -0.1) is 0 Å². The van der Waals surface area contributed by atoms with Crippen LogP contribution in [0, 0.1) is 23.7 Å². The zero-order valence-electron chi connectivity index (χ0n) is 65.1. The summed E-state index contributed by atoms with van der Waals surface area (Å²) in [5, 5.41) is 14.2. The first-order chi connectivity index (χ1) is 42.1. The van der Waals surface area contributed by atoms with Crippen molar-refractivity contribution in [1.29, 1.82) is 0 Å². The Bertz CT molecular complexity index is 1590. The summed E-state index contributed by atoms with van der Waals surface area (Å²) in [5.41, 5.74) is 5.23. The van der Waals surface area contributed by atoms with Gasteiger partial charge in [0.15, 0.2) is 0 Å². The van der Waals surface area contributed by atoms with Crippen molar-refractivity contribution in [3.8, 4) is 0 Å². The van der Waals surface area contributed by atoms with Crippen LogP contribution in [-0.2, 0) is 0 Å². The lowest BCUT2D eigenvalue weighted by atomic mass is 10.0. The van der Waals surface area contributed by atoms with Gasteiger partial charge in [0.1, 0.15) is 0 Å². The van der Waals surface area contributed by atoms with Crippen LogP contribution < -0.4 is 0 Å². The summed E-state index contributed by atoms with van der Waals surface area (Å²) in [7, 11) is 0. The minimum absolute atomic E-state index is 0.547. The molecule has 3 aromatic heterocycles. The van der Waals surface area contributed by atoms with Gasteiger partial charge in [-0.05, 0) is 107 Å². The number of hydrogen-bond acceptors (Lipinski definition) is 9. The normalized spacial score (nSPS) is 10.3. The van der Waals surface area contributed by atoms with Crippen molar-refractivity contribution in [3.05, 3.63) is 163 Å². The van der Waals surface area contributed by atoms with Gasteiger partial charge in [-0.2, -0.15) is 20.4 Å². The molecule has 0 radical (unpaired) electrons. The number of hydrogen-bond donors (Lipinski definition) is 0. The maximum Gasteiger partial charge on any atom is 0.0802 e. The lowest BCUT2D eigenvalue weighted by Crippen LogP contribution is -1.88. The van der Waals surface area contributed by atoms with Crippen molar-refractivity contribution in [2.45, 2.75) is 286 Å². The van der Waals surface area contributed by atoms with Crippen molar-refractivity contribution in [2.75, 3.05) is 13.1 Å². The maximum absolute atomic E-state index is 4.18. The van der Waals surface area contributed by atoms with Gasteiger partial charge in [-0.3, -0.25) is 24.9 Å². The van der Waals surface area contributed by atoms with Crippen LogP contribution in [0.5, 0.6) is 0 Å². The molecule has 512 valence electrons. The molecule has 88 heavy (non-hydrogen) atoms. The molecule has 0 bridgehead atoms. The Kier molecular flexibility index (Phi) is 132. The quantitative estimate of drug-likeness (QED) is 0.203. The van der Waals surface area contributed by atoms with E-state index in [1.54, 1.807) is 37.2 Å². The van der Waals surface area contributed by atoms with Gasteiger partial charge < -0.3 is 0 Å². The van der Waals surface area contributed by atoms with E-state index in [2.05, 4.69) is 214 Å². The van der Waals surface area contributed by atoms with E-state index in [1.165, 1.54) is 16.7 Å². The zero-order chi connectivity index (χ0) is 71.2. The van der Waals surface area contributed by atoms with Crippen LogP contribution in [0.25, 0.3) is 0 Å². The molecule has 0 unspecified atom stereocenters. The minimum atomic E-state index is 0.547. The van der Waals surface area contributed by atoms with Gasteiger partial charge in [0.25, 0.3) is 0 Å². The summed E-state index contributed by atoms with van der Waals surface area (Å²) in [6.45, 7) is 77.0. The van der Waals surface area contributed by atoms with E-state index >= 15 is 0 Å². The number of aromatic nitrogens is 3. The lowest BCUT2D eigenvalue weighted by Gasteiger charge is -2.01. The molecule has 0 amide bonds. The molecule has 0 saturated heterocycles. The molecular formula is C79H151N9. The molecule has 0 atom stereocenters. The molecule has 4 aromatic rings. The van der Waals surface area contributed by atoms with Crippen LogP contribution in [-0.4, -0.2) is 52.9 Å². The van der Waals surface area contributed by atoms with Crippen molar-refractivity contribution in [3.63, 3.8) is 0 Å². The maximum atomic E-state index is 4.18. The monoisotopic (exact) mass is 1230 g/mol. The van der Waals surface area contributed by atoms with Gasteiger partial charge >= 0.3 is 0 Å². The summed E-state index contributed by atoms with van der Waals surface area (Å²) in [6.07, 6.45) is 29.7. The van der Waals surface area contributed by atoms with E-state index in [0.29, 0.717) is 23.7 Å². The van der Waals surface area contributed by atoms with Crippen molar-refractivity contribution < 1.29 is 0 Å². The molecule has 9 nitrogen and oxygen atoms in total. The molecule has 8 rings (SSSR count). The Morgan fingerprint density at radius 2 is 0.761 bits per heavy atom. The summed E-state index contributed by atoms with van der Waals surface area (Å²) in [4.78, 5) is 19.7. The molecule has 7 heterocycles. The van der Waals surface area contributed by atoms with Crippen LogP contribution >= 0.6 is 0 Å². The third-order valence-corrected chi connectivity index (χ3v) is 7.43. The van der Waals surface area contributed by atoms with Gasteiger partial charge in [-0.25, -0.2) is 0 Å². The van der Waals surface area contributed by atoms with Crippen molar-refractivity contribution >= 4 is 24.9 Å². The van der Waals surface area contributed by atoms with Crippen LogP contribution in [0.2, 0.25) is 0 Å². The van der Waals surface area contributed by atoms with E-state index in [4.69, 9.17) is 0 Å². The fourth-order valence-corrected chi connectivity index (χ4v) is 4.10. The van der Waals surface area contributed by atoms with Gasteiger partial charge in [-0.1, -0.05) is 304 Å². The molecule has 0 spiro atoms. The zero-order valence-corrected chi connectivity index (χ0v) is 65.1. The Labute approximate surface area is 552 Å². The third-order valence-electron chi connectivity index (χ3n) is 7.43. The standard InChI is InChI=1S/C9H12.3C8H11N.2C4H5N.4C4H10.2C3H4N2.8C2H6/c1-8(2)9-6-4-3-5-7-9;1-7(2)8-3-5-9-6-4-8;1-7(2)8-4-3-5-9-6-8;1-7(2)8-5-3-4-6-9-8;2*1-2-4-5-3-1;4*1-4(2)3;2*1-2-4-5-3-1;8*1-2/h3-8H,1-2H3;3*3-7H,1-2H3;1,3-4H,2H2;1-3H,4H2;4*4H,1-3H3;2-3H,1H2;1-2H,3H2;8*1-2H3. The Hall–Kier alpha value is -5.83. The molecular weight excluding hydrogens is 1070 g/mol. The summed E-state index contributed by atoms with van der Waals surface area (Å²) in [6, 6.07) is 24.7. The predicted molar refractivity (Wildman–Crippen MR) is 414 cm³/mol. The first kappa shape index (κ1) is 110. The average molecular weight is 1230 g/mol. The number of benzene rings is 1. The Morgan fingerprint density at radius 1 is 0.341 bits per heavy atom. The van der Waals surface area contributed by atoms with Gasteiger partial charge in [0, 0.05) is 86.8 Å². The smallest absolute Gasteiger partial charge is 0.0802 e. The first-order valence-corrected chi connectivity index (χ1v) is 34.3. The second-order valence-electron chi connectivity index (χ2n) is 20.3. The molecule has 0 aliphatic carbocycles. The summed E-state index contributed by atoms with van der Waals surface area (Å²) in [5.74, 6) is 5.75. The van der Waals surface area contributed by atoms with Crippen molar-refractivity contribution in [1.82, 2.24) is 15.0 Å². The van der Waals surface area contributed by atoms with E-state index in [-0.39, 0.29) is 0 Å². The average Bonchev–Trinajstić information content (AvgIpc) is 4.45. The van der Waals surface area contributed by atoms with Crippen LogP contribution in [0.1, 0.15) is 308 Å². The minimum Gasteiger partial charge on any atom is -0.289 e. The van der Waals surface area contributed by atoms with E-state index in [1.807, 2.05) is 209 Å². The number of aliphatic imine (C=N–C) groups is 2. The molecule has 9 heteroatoms. The fraction of sp³-hybridized carbons (Fsp3) is 0.608. The SMILES string of the molecule is C1=CCN=C1.C1=CN=CC1.C1=CN=NC1.C1=NN=CC1.CC.CC.CC.CC.CC.CC.CC.CC.CC(C)C.CC(C)C.CC(C)C.CC(C)C.CC(C)c1ccccc1.CC(C)c1ccccn1.CC(C)c1cccnc1.CC(C)c1ccncc1. The van der Waals surface area contributed by atoms with Gasteiger partial charge in [0.2, 0.25) is 0 Å². The second kappa shape index (κ2) is 106. The third kappa shape index (κ3) is 130.